The first kappa shape index (κ1) is 21.5. The third-order valence-electron chi connectivity index (χ3n) is 4.18. The highest BCUT2D eigenvalue weighted by Crippen LogP contribution is 2.46. The van der Waals surface area contributed by atoms with E-state index in [1.54, 1.807) is 60.7 Å². The molecule has 2 aromatic carbocycles. The van der Waals surface area contributed by atoms with E-state index >= 15 is 0 Å². The van der Waals surface area contributed by atoms with Crippen LogP contribution in [0, 0.1) is 0 Å². The fourth-order valence-corrected chi connectivity index (χ4v) is 4.60. The first-order valence-corrected chi connectivity index (χ1v) is 9.87. The summed E-state index contributed by atoms with van der Waals surface area (Å²) in [6.45, 7) is 0. The summed E-state index contributed by atoms with van der Waals surface area (Å²) in [5, 5.41) is 8.91. The van der Waals surface area contributed by atoms with Gasteiger partial charge in [-0.15, -0.1) is 16.3 Å². The van der Waals surface area contributed by atoms with Gasteiger partial charge in [0.1, 0.15) is 5.69 Å². The molecule has 0 atom stereocenters. The van der Waals surface area contributed by atoms with E-state index in [1.807, 2.05) is 0 Å². The SMILES string of the molecule is CS(=O)(=O)[N+](c1ccccc1)(c1ccccc1)c1ccnc(C(=O)NO)c1.Cl. The minimum absolute atomic E-state index is 0. The van der Waals surface area contributed by atoms with Gasteiger partial charge in [0.25, 0.3) is 5.91 Å². The van der Waals surface area contributed by atoms with Gasteiger partial charge in [-0.2, -0.15) is 8.42 Å². The molecule has 0 fully saturated rings. The second kappa shape index (κ2) is 8.49. The highest BCUT2D eigenvalue weighted by Gasteiger charge is 2.46. The van der Waals surface area contributed by atoms with Gasteiger partial charge >= 0.3 is 10.0 Å². The molecule has 0 unspecified atom stereocenters. The smallest absolute Gasteiger partial charge is 0.288 e. The second-order valence-electron chi connectivity index (χ2n) is 5.85. The largest absolute Gasteiger partial charge is 0.308 e. The van der Waals surface area contributed by atoms with Gasteiger partial charge in [-0.1, -0.05) is 36.4 Å². The van der Waals surface area contributed by atoms with Gasteiger partial charge in [-0.3, -0.25) is 15.0 Å². The molecule has 0 spiro atoms. The van der Waals surface area contributed by atoms with Crippen molar-refractivity contribution in [2.75, 3.05) is 6.26 Å². The van der Waals surface area contributed by atoms with Crippen LogP contribution in [0.1, 0.15) is 10.5 Å². The highest BCUT2D eigenvalue weighted by molar-refractivity contribution is 7.90. The number of hydroxylamine groups is 1. The number of carbonyl (C=O) groups is 1. The molecule has 0 aliphatic heterocycles. The summed E-state index contributed by atoms with van der Waals surface area (Å²) in [5.74, 6) is -0.829. The van der Waals surface area contributed by atoms with Gasteiger partial charge in [-0.25, -0.2) is 5.48 Å². The van der Waals surface area contributed by atoms with Crippen LogP contribution in [-0.4, -0.2) is 30.8 Å². The maximum absolute atomic E-state index is 13.2. The molecule has 2 N–H and O–H groups in total. The summed E-state index contributed by atoms with van der Waals surface area (Å²) in [5.41, 5.74) is 2.67. The zero-order chi connectivity index (χ0) is 19.5. The number of pyridine rings is 1. The zero-order valence-corrected chi connectivity index (χ0v) is 16.5. The van der Waals surface area contributed by atoms with Crippen LogP contribution in [0.15, 0.2) is 79.0 Å². The molecule has 1 amide bonds. The van der Waals surface area contributed by atoms with Gasteiger partial charge in [0.2, 0.25) is 0 Å². The molecule has 1 heterocycles. The average molecular weight is 421 g/mol. The monoisotopic (exact) mass is 420 g/mol. The molecule has 0 radical (unpaired) electrons. The van der Waals surface area contributed by atoms with Gasteiger partial charge in [0, 0.05) is 42.6 Å². The van der Waals surface area contributed by atoms with E-state index in [4.69, 9.17) is 5.21 Å². The van der Waals surface area contributed by atoms with E-state index in [9.17, 15) is 13.2 Å². The Morgan fingerprint density at radius 3 is 1.86 bits per heavy atom. The minimum Gasteiger partial charge on any atom is -0.288 e. The van der Waals surface area contributed by atoms with Gasteiger partial charge < -0.3 is 0 Å². The Bertz CT molecular complexity index is 1020. The number of sulfonamides is 1. The normalized spacial score (nSPS) is 11.4. The predicted octanol–water partition coefficient (Wildman–Crippen LogP) is 3.55. The standard InChI is InChI=1S/C19H17N3O4S.ClH/c1-27(25,26)22(15-8-4-2-5-9-15,16-10-6-3-7-11-16)17-12-13-20-18(14-17)19(23)21-24;/h2-14H,1H3,(H-,20,21,23,24);1H/p+1. The summed E-state index contributed by atoms with van der Waals surface area (Å²) in [6.07, 6.45) is 2.48. The van der Waals surface area contributed by atoms with Crippen molar-refractivity contribution in [3.8, 4) is 0 Å². The third-order valence-corrected chi connectivity index (χ3v) is 5.81. The third kappa shape index (κ3) is 3.63. The lowest BCUT2D eigenvalue weighted by Crippen LogP contribution is -2.44. The minimum atomic E-state index is -3.82. The summed E-state index contributed by atoms with van der Waals surface area (Å²) in [7, 11) is -3.82. The number of aromatic nitrogens is 1. The maximum atomic E-state index is 13.2. The first-order valence-electron chi connectivity index (χ1n) is 8.03. The van der Waals surface area contributed by atoms with E-state index < -0.39 is 19.8 Å². The average Bonchev–Trinajstić information content (AvgIpc) is 2.69. The van der Waals surface area contributed by atoms with Gasteiger partial charge in [-0.05, 0) is 0 Å². The molecular weight excluding hydrogens is 402 g/mol. The zero-order valence-electron chi connectivity index (χ0n) is 14.9. The van der Waals surface area contributed by atoms with Crippen LogP contribution < -0.4 is 9.37 Å². The number of nitrogens with zero attached hydrogens (tertiary/aromatic N) is 2. The summed E-state index contributed by atoms with van der Waals surface area (Å²) < 4.78 is 25.8. The van der Waals surface area contributed by atoms with Crippen molar-refractivity contribution < 1.29 is 18.4 Å². The van der Waals surface area contributed by atoms with Gasteiger partial charge in [0.05, 0.1) is 6.26 Å². The van der Waals surface area contributed by atoms with E-state index in [-0.39, 0.29) is 18.1 Å². The molecule has 0 aliphatic rings. The summed E-state index contributed by atoms with van der Waals surface area (Å²) in [6, 6.07) is 20.3. The number of amides is 1. The Kier molecular flexibility index (Phi) is 6.52. The molecule has 1 aromatic heterocycles. The number of quaternary nitrogens is 1. The Morgan fingerprint density at radius 2 is 1.43 bits per heavy atom. The number of halogens is 1. The van der Waals surface area contributed by atoms with E-state index in [2.05, 4.69) is 4.98 Å². The van der Waals surface area contributed by atoms with Crippen LogP contribution >= 0.6 is 12.4 Å². The van der Waals surface area contributed by atoms with Crippen molar-refractivity contribution in [3.63, 3.8) is 0 Å². The van der Waals surface area contributed by atoms with Crippen molar-refractivity contribution in [1.29, 1.82) is 0 Å². The fourth-order valence-electron chi connectivity index (χ4n) is 3.09. The van der Waals surface area contributed by atoms with Crippen LogP contribution in [0.5, 0.6) is 0 Å². The predicted molar refractivity (Wildman–Crippen MR) is 110 cm³/mol. The number of hydrogen-bond acceptors (Lipinski definition) is 5. The van der Waals surface area contributed by atoms with Crippen molar-refractivity contribution in [3.05, 3.63) is 84.7 Å². The number of nitrogens with one attached hydrogen (secondary N) is 1. The number of benzene rings is 2. The van der Waals surface area contributed by atoms with Crippen molar-refractivity contribution in [2.24, 2.45) is 0 Å². The number of carbonyl (C=O) groups excluding carboxylic acids is 1. The Labute approximate surface area is 169 Å². The van der Waals surface area contributed by atoms with Crippen molar-refractivity contribution in [1.82, 2.24) is 14.4 Å². The number of para-hydroxylation sites is 2. The molecule has 3 rings (SSSR count). The number of hydrogen-bond donors (Lipinski definition) is 2. The molecule has 0 bridgehead atoms. The molecule has 28 heavy (non-hydrogen) atoms. The van der Waals surface area contributed by atoms with Crippen LogP contribution in [0.3, 0.4) is 0 Å². The first-order chi connectivity index (χ1) is 12.9. The van der Waals surface area contributed by atoms with E-state index in [0.29, 0.717) is 17.1 Å². The Morgan fingerprint density at radius 1 is 0.929 bits per heavy atom. The molecule has 0 aliphatic carbocycles. The highest BCUT2D eigenvalue weighted by atomic mass is 35.5. The molecule has 3 aromatic rings. The fraction of sp³-hybridized carbons (Fsp3) is 0.0526. The quantitative estimate of drug-likeness (QED) is 0.374. The molecule has 0 saturated heterocycles. The summed E-state index contributed by atoms with van der Waals surface area (Å²) >= 11 is 0. The van der Waals surface area contributed by atoms with Crippen LogP contribution in [-0.2, 0) is 10.0 Å². The van der Waals surface area contributed by atoms with Crippen molar-refractivity contribution in [2.45, 2.75) is 0 Å². The lowest BCUT2D eigenvalue weighted by molar-refractivity contribution is 0.0700. The lowest BCUT2D eigenvalue weighted by Gasteiger charge is -2.34. The Hall–Kier alpha value is -2.78. The Balaban J connectivity index is 0.00000280. The molecule has 7 nitrogen and oxygen atoms in total. The molecule has 146 valence electrons. The lowest BCUT2D eigenvalue weighted by atomic mass is 10.2. The van der Waals surface area contributed by atoms with Crippen LogP contribution in [0.2, 0.25) is 0 Å². The van der Waals surface area contributed by atoms with Crippen molar-refractivity contribution >= 4 is 45.4 Å². The topological polar surface area (TPSA) is 96.4 Å². The molecule has 9 heteroatoms. The van der Waals surface area contributed by atoms with E-state index in [0.717, 1.165) is 6.26 Å². The molecular formula is C19H19ClN3O4S+. The summed E-state index contributed by atoms with van der Waals surface area (Å²) in [4.78, 5) is 15.8. The maximum Gasteiger partial charge on any atom is 0.308 e. The van der Waals surface area contributed by atoms with Crippen LogP contribution in [0.25, 0.3) is 0 Å². The molecule has 0 saturated carbocycles. The number of rotatable bonds is 5. The van der Waals surface area contributed by atoms with Crippen LogP contribution in [0.4, 0.5) is 17.1 Å². The second-order valence-corrected chi connectivity index (χ2v) is 7.87. The van der Waals surface area contributed by atoms with Gasteiger partial charge in [0.15, 0.2) is 17.1 Å². The van der Waals surface area contributed by atoms with E-state index in [1.165, 1.54) is 23.8 Å².